The number of fused-ring (bicyclic) bond motifs is 1. The molecule has 0 bridgehead atoms. The smallest absolute Gasteiger partial charge is 0.265 e. The lowest BCUT2D eigenvalue weighted by atomic mass is 10.0. The maximum atomic E-state index is 10.8. The number of aryl methyl sites for hydroxylation is 1. The van der Waals surface area contributed by atoms with E-state index in [1.165, 1.54) is 0 Å². The Morgan fingerprint density at radius 1 is 1.22 bits per heavy atom. The van der Waals surface area contributed by atoms with E-state index in [9.17, 15) is 8.42 Å². The molecule has 0 aliphatic carbocycles. The van der Waals surface area contributed by atoms with E-state index in [1.807, 2.05) is 36.4 Å². The van der Waals surface area contributed by atoms with Gasteiger partial charge in [0, 0.05) is 0 Å². The molecule has 18 heavy (non-hydrogen) atoms. The van der Waals surface area contributed by atoms with Crippen LogP contribution < -0.4 is 4.74 Å². The summed E-state index contributed by atoms with van der Waals surface area (Å²) in [5.41, 5.74) is 0.879. The van der Waals surface area contributed by atoms with Crippen molar-refractivity contribution in [2.45, 2.75) is 6.42 Å². The molecule has 2 rings (SSSR count). The highest BCUT2D eigenvalue weighted by Gasteiger charge is 2.08. The Morgan fingerprint density at radius 2 is 2.00 bits per heavy atom. The van der Waals surface area contributed by atoms with Gasteiger partial charge in [0.2, 0.25) is 0 Å². The average molecular weight is 266 g/mol. The lowest BCUT2D eigenvalue weighted by Crippen LogP contribution is -2.06. The van der Waals surface area contributed by atoms with Gasteiger partial charge in [-0.25, -0.2) is 0 Å². The first-order valence-corrected chi connectivity index (χ1v) is 7.11. The Hall–Kier alpha value is -1.59. The predicted molar refractivity (Wildman–Crippen MR) is 70.6 cm³/mol. The summed E-state index contributed by atoms with van der Waals surface area (Å²) in [4.78, 5) is 0. The maximum Gasteiger partial charge on any atom is 0.265 e. The highest BCUT2D eigenvalue weighted by atomic mass is 32.2. The van der Waals surface area contributed by atoms with E-state index >= 15 is 0 Å². The topological polar surface area (TPSA) is 63.6 Å². The van der Waals surface area contributed by atoms with E-state index in [0.717, 1.165) is 22.1 Å². The second kappa shape index (κ2) is 4.96. The lowest BCUT2D eigenvalue weighted by Gasteiger charge is -2.07. The van der Waals surface area contributed by atoms with E-state index in [1.54, 1.807) is 7.11 Å². The molecule has 96 valence electrons. The SMILES string of the molecule is COc1ccc2cccc(CCS(=O)(=O)O)c2c1. The summed E-state index contributed by atoms with van der Waals surface area (Å²) >= 11 is 0. The highest BCUT2D eigenvalue weighted by Crippen LogP contribution is 2.24. The Morgan fingerprint density at radius 3 is 2.67 bits per heavy atom. The Labute approximate surface area is 106 Å². The zero-order valence-corrected chi connectivity index (χ0v) is 10.8. The monoisotopic (exact) mass is 266 g/mol. The van der Waals surface area contributed by atoms with Crippen LogP contribution in [0.3, 0.4) is 0 Å². The number of benzene rings is 2. The van der Waals surface area contributed by atoms with E-state index < -0.39 is 10.1 Å². The van der Waals surface area contributed by atoms with Gasteiger partial charge in [-0.2, -0.15) is 8.42 Å². The quantitative estimate of drug-likeness (QED) is 0.862. The Bertz CT molecular complexity index is 662. The van der Waals surface area contributed by atoms with E-state index in [0.29, 0.717) is 0 Å². The number of methoxy groups -OCH3 is 1. The fourth-order valence-electron chi connectivity index (χ4n) is 1.90. The van der Waals surface area contributed by atoms with Gasteiger partial charge in [0.15, 0.2) is 0 Å². The van der Waals surface area contributed by atoms with Crippen molar-refractivity contribution < 1.29 is 17.7 Å². The van der Waals surface area contributed by atoms with Gasteiger partial charge in [-0.3, -0.25) is 4.55 Å². The molecule has 0 saturated carbocycles. The molecule has 0 aliphatic heterocycles. The molecular formula is C13H14O4S. The second-order valence-electron chi connectivity index (χ2n) is 4.04. The number of rotatable bonds is 4. The number of hydrogen-bond acceptors (Lipinski definition) is 3. The third-order valence-corrected chi connectivity index (χ3v) is 3.53. The minimum absolute atomic E-state index is 0.274. The standard InChI is InChI=1S/C13H14O4S/c1-17-12-6-5-10-3-2-4-11(13(10)9-12)7-8-18(14,15)16/h2-6,9H,7-8H2,1H3,(H,14,15,16). The molecule has 0 spiro atoms. The van der Waals surface area contributed by atoms with E-state index in [2.05, 4.69) is 0 Å². The first-order valence-electron chi connectivity index (χ1n) is 5.50. The maximum absolute atomic E-state index is 10.8. The van der Waals surface area contributed by atoms with Crippen molar-refractivity contribution in [3.8, 4) is 5.75 Å². The summed E-state index contributed by atoms with van der Waals surface area (Å²) < 4.78 is 35.5. The van der Waals surface area contributed by atoms with Crippen molar-refractivity contribution >= 4 is 20.9 Å². The fraction of sp³-hybridized carbons (Fsp3) is 0.231. The third kappa shape index (κ3) is 3.00. The van der Waals surface area contributed by atoms with Crippen LogP contribution in [-0.4, -0.2) is 25.8 Å². The van der Waals surface area contributed by atoms with Crippen LogP contribution in [0.15, 0.2) is 36.4 Å². The van der Waals surface area contributed by atoms with Gasteiger partial charge in [0.05, 0.1) is 12.9 Å². The number of ether oxygens (including phenoxy) is 1. The average Bonchev–Trinajstić information content (AvgIpc) is 2.34. The van der Waals surface area contributed by atoms with Crippen LogP contribution in [-0.2, 0) is 16.5 Å². The van der Waals surface area contributed by atoms with Gasteiger partial charge >= 0.3 is 0 Å². The van der Waals surface area contributed by atoms with Crippen molar-refractivity contribution in [3.63, 3.8) is 0 Å². The molecule has 0 amide bonds. The molecule has 0 aliphatic rings. The number of hydrogen-bond donors (Lipinski definition) is 1. The normalized spacial score (nSPS) is 11.7. The predicted octanol–water partition coefficient (Wildman–Crippen LogP) is 2.28. The van der Waals surface area contributed by atoms with Gasteiger partial charge in [-0.1, -0.05) is 24.3 Å². The zero-order chi connectivity index (χ0) is 13.2. The molecule has 5 heteroatoms. The van der Waals surface area contributed by atoms with Crippen LogP contribution in [0, 0.1) is 0 Å². The van der Waals surface area contributed by atoms with Gasteiger partial charge in [0.1, 0.15) is 5.75 Å². The second-order valence-corrected chi connectivity index (χ2v) is 5.61. The van der Waals surface area contributed by atoms with Crippen molar-refractivity contribution in [1.82, 2.24) is 0 Å². The molecule has 2 aromatic carbocycles. The van der Waals surface area contributed by atoms with Crippen LogP contribution in [0.2, 0.25) is 0 Å². The summed E-state index contributed by atoms with van der Waals surface area (Å²) in [6.07, 6.45) is 0.281. The zero-order valence-electron chi connectivity index (χ0n) is 9.96. The van der Waals surface area contributed by atoms with Crippen LogP contribution in [0.5, 0.6) is 5.75 Å². The third-order valence-electron chi connectivity index (χ3n) is 2.81. The summed E-state index contributed by atoms with van der Waals surface area (Å²) in [6.45, 7) is 0. The summed E-state index contributed by atoms with van der Waals surface area (Å²) in [6, 6.07) is 11.3. The van der Waals surface area contributed by atoms with Gasteiger partial charge < -0.3 is 4.74 Å². The molecule has 0 radical (unpaired) electrons. The van der Waals surface area contributed by atoms with Crippen molar-refractivity contribution in [1.29, 1.82) is 0 Å². The van der Waals surface area contributed by atoms with Crippen LogP contribution in [0.25, 0.3) is 10.8 Å². The van der Waals surface area contributed by atoms with Crippen LogP contribution in [0.1, 0.15) is 5.56 Å². The van der Waals surface area contributed by atoms with Crippen molar-refractivity contribution in [2.24, 2.45) is 0 Å². The Balaban J connectivity index is 2.43. The lowest BCUT2D eigenvalue weighted by molar-refractivity contribution is 0.415. The highest BCUT2D eigenvalue weighted by molar-refractivity contribution is 7.85. The molecule has 0 saturated heterocycles. The molecule has 0 atom stereocenters. The molecule has 0 heterocycles. The molecule has 4 nitrogen and oxygen atoms in total. The van der Waals surface area contributed by atoms with E-state index in [-0.39, 0.29) is 12.2 Å². The minimum atomic E-state index is -3.94. The summed E-state index contributed by atoms with van der Waals surface area (Å²) in [7, 11) is -2.35. The fourth-order valence-corrected chi connectivity index (χ4v) is 2.38. The minimum Gasteiger partial charge on any atom is -0.497 e. The largest absolute Gasteiger partial charge is 0.497 e. The molecule has 0 fully saturated rings. The first-order chi connectivity index (χ1) is 8.49. The molecule has 0 aromatic heterocycles. The molecule has 0 unspecified atom stereocenters. The van der Waals surface area contributed by atoms with Gasteiger partial charge in [-0.15, -0.1) is 0 Å². The molecule has 2 aromatic rings. The van der Waals surface area contributed by atoms with Crippen molar-refractivity contribution in [3.05, 3.63) is 42.0 Å². The van der Waals surface area contributed by atoms with Crippen LogP contribution in [0.4, 0.5) is 0 Å². The van der Waals surface area contributed by atoms with Crippen LogP contribution >= 0.6 is 0 Å². The van der Waals surface area contributed by atoms with E-state index in [4.69, 9.17) is 9.29 Å². The summed E-state index contributed by atoms with van der Waals surface area (Å²) in [5.74, 6) is 0.449. The molecule has 1 N–H and O–H groups in total. The van der Waals surface area contributed by atoms with Crippen molar-refractivity contribution in [2.75, 3.05) is 12.9 Å². The first kappa shape index (κ1) is 12.9. The molecular weight excluding hydrogens is 252 g/mol. The Kier molecular flexibility index (Phi) is 3.54. The summed E-state index contributed by atoms with van der Waals surface area (Å²) in [5, 5.41) is 1.96. The van der Waals surface area contributed by atoms with Gasteiger partial charge in [-0.05, 0) is 34.9 Å². The van der Waals surface area contributed by atoms with Gasteiger partial charge in [0.25, 0.3) is 10.1 Å².